The van der Waals surface area contributed by atoms with Gasteiger partial charge in [0.15, 0.2) is 0 Å². The van der Waals surface area contributed by atoms with Gasteiger partial charge in [-0.25, -0.2) is 0 Å². The lowest BCUT2D eigenvalue weighted by Crippen LogP contribution is -2.18. The number of ether oxygens (including phenoxy) is 2. The number of nitrogens with two attached hydrogens (primary N) is 1. The quantitative estimate of drug-likeness (QED) is 0.758. The Morgan fingerprint density at radius 2 is 1.71 bits per heavy atom. The highest BCUT2D eigenvalue weighted by Gasteiger charge is 2.00. The van der Waals surface area contributed by atoms with E-state index in [4.69, 9.17) is 15.2 Å². The van der Waals surface area contributed by atoms with Crippen LogP contribution in [0.4, 0.5) is 0 Å². The number of hydrogen-bond donors (Lipinski definition) is 1. The second kappa shape index (κ2) is 8.27. The molecule has 0 radical (unpaired) electrons. The Balaban J connectivity index is 1.64. The first-order valence-electron chi connectivity index (χ1n) is 7.25. The van der Waals surface area contributed by atoms with Crippen molar-refractivity contribution in [3.05, 3.63) is 54.4 Å². The van der Waals surface area contributed by atoms with Crippen LogP contribution in [0.3, 0.4) is 0 Å². The molecule has 112 valence electrons. The molecule has 1 heterocycles. The summed E-state index contributed by atoms with van der Waals surface area (Å²) in [6, 6.07) is 13.8. The van der Waals surface area contributed by atoms with Crippen LogP contribution in [0, 0.1) is 0 Å². The summed E-state index contributed by atoms with van der Waals surface area (Å²) in [6.07, 6.45) is 3.36. The summed E-state index contributed by atoms with van der Waals surface area (Å²) in [5.41, 5.74) is 6.73. The minimum absolute atomic E-state index is 0.124. The van der Waals surface area contributed by atoms with E-state index in [1.54, 1.807) is 6.20 Å². The van der Waals surface area contributed by atoms with Crippen molar-refractivity contribution in [1.82, 2.24) is 4.98 Å². The Morgan fingerprint density at radius 3 is 2.33 bits per heavy atom. The van der Waals surface area contributed by atoms with E-state index < -0.39 is 0 Å². The molecular weight excluding hydrogens is 264 g/mol. The average Bonchev–Trinajstić information content (AvgIpc) is 2.49. The highest BCUT2D eigenvalue weighted by molar-refractivity contribution is 5.21. The zero-order valence-corrected chi connectivity index (χ0v) is 12.4. The molecule has 0 amide bonds. The molecule has 0 aliphatic heterocycles. The predicted octanol–water partition coefficient (Wildman–Crippen LogP) is 2.82. The zero-order valence-electron chi connectivity index (χ0n) is 12.4. The van der Waals surface area contributed by atoms with Crippen molar-refractivity contribution in [2.75, 3.05) is 13.2 Å². The molecule has 0 aliphatic carbocycles. The lowest BCUT2D eigenvalue weighted by Gasteiger charge is -2.09. The third-order valence-electron chi connectivity index (χ3n) is 2.90. The van der Waals surface area contributed by atoms with Gasteiger partial charge in [0.05, 0.1) is 19.4 Å². The first-order valence-corrected chi connectivity index (χ1v) is 7.25. The summed E-state index contributed by atoms with van der Waals surface area (Å²) < 4.78 is 11.2. The topological polar surface area (TPSA) is 57.4 Å². The van der Waals surface area contributed by atoms with Crippen molar-refractivity contribution in [1.29, 1.82) is 0 Å². The highest BCUT2D eigenvalue weighted by Crippen LogP contribution is 2.11. The van der Waals surface area contributed by atoms with Crippen LogP contribution in [0.15, 0.2) is 48.7 Å². The number of rotatable bonds is 8. The van der Waals surface area contributed by atoms with E-state index in [2.05, 4.69) is 4.98 Å². The maximum Gasteiger partial charge on any atom is 0.137 e. The maximum absolute atomic E-state index is 5.74. The Labute approximate surface area is 125 Å². The zero-order chi connectivity index (χ0) is 14.9. The third-order valence-corrected chi connectivity index (χ3v) is 2.90. The Morgan fingerprint density at radius 1 is 1.00 bits per heavy atom. The van der Waals surface area contributed by atoms with Crippen molar-refractivity contribution >= 4 is 0 Å². The van der Waals surface area contributed by atoms with Crippen molar-refractivity contribution in [2.45, 2.75) is 25.8 Å². The normalized spacial score (nSPS) is 11.9. The van der Waals surface area contributed by atoms with Gasteiger partial charge in [-0.15, -0.1) is 0 Å². The molecule has 0 spiro atoms. The molecule has 0 fully saturated rings. The molecule has 1 aromatic heterocycles. The van der Waals surface area contributed by atoms with Gasteiger partial charge in [-0.1, -0.05) is 18.2 Å². The van der Waals surface area contributed by atoms with Gasteiger partial charge in [-0.2, -0.15) is 0 Å². The van der Waals surface area contributed by atoms with Gasteiger partial charge in [0.25, 0.3) is 0 Å². The van der Waals surface area contributed by atoms with Gasteiger partial charge in [-0.05, 0) is 31.2 Å². The van der Waals surface area contributed by atoms with Crippen LogP contribution in [0.1, 0.15) is 19.0 Å². The molecule has 1 aromatic carbocycles. The minimum atomic E-state index is 0.124. The number of aromatic nitrogens is 1. The molecule has 0 aliphatic rings. The van der Waals surface area contributed by atoms with Gasteiger partial charge in [0, 0.05) is 24.6 Å². The summed E-state index contributed by atoms with van der Waals surface area (Å²) in [7, 11) is 0. The Hall–Kier alpha value is -2.07. The van der Waals surface area contributed by atoms with Crippen LogP contribution in [-0.2, 0) is 6.42 Å². The number of pyridine rings is 1. The van der Waals surface area contributed by atoms with Gasteiger partial charge in [0.2, 0.25) is 0 Å². The van der Waals surface area contributed by atoms with Crippen molar-refractivity contribution in [3.63, 3.8) is 0 Å². The van der Waals surface area contributed by atoms with Crippen LogP contribution in [0.5, 0.6) is 11.5 Å². The number of benzene rings is 1. The van der Waals surface area contributed by atoms with Crippen molar-refractivity contribution in [2.24, 2.45) is 5.73 Å². The fraction of sp³-hybridized carbons (Fsp3) is 0.353. The molecule has 4 heteroatoms. The van der Waals surface area contributed by atoms with Crippen LogP contribution >= 0.6 is 0 Å². The maximum atomic E-state index is 5.74. The SMILES string of the molecule is CC(N)Cc1ccc(OCCCOc2ccccc2)cn1. The lowest BCUT2D eigenvalue weighted by atomic mass is 10.2. The molecule has 1 atom stereocenters. The molecule has 0 saturated carbocycles. The van der Waals surface area contributed by atoms with E-state index in [1.807, 2.05) is 49.4 Å². The van der Waals surface area contributed by atoms with E-state index in [0.717, 1.165) is 30.0 Å². The second-order valence-corrected chi connectivity index (χ2v) is 5.03. The summed E-state index contributed by atoms with van der Waals surface area (Å²) in [5.74, 6) is 1.67. The largest absolute Gasteiger partial charge is 0.493 e. The van der Waals surface area contributed by atoms with Gasteiger partial charge < -0.3 is 15.2 Å². The van der Waals surface area contributed by atoms with E-state index >= 15 is 0 Å². The van der Waals surface area contributed by atoms with Gasteiger partial charge >= 0.3 is 0 Å². The molecule has 2 aromatic rings. The molecule has 2 N–H and O–H groups in total. The Bertz CT molecular complexity index is 512. The van der Waals surface area contributed by atoms with Crippen molar-refractivity contribution < 1.29 is 9.47 Å². The van der Waals surface area contributed by atoms with Crippen LogP contribution in [0.2, 0.25) is 0 Å². The van der Waals surface area contributed by atoms with Crippen molar-refractivity contribution in [3.8, 4) is 11.5 Å². The average molecular weight is 286 g/mol. The summed E-state index contributed by atoms with van der Waals surface area (Å²) >= 11 is 0. The van der Waals surface area contributed by atoms with Gasteiger partial charge in [0.1, 0.15) is 11.5 Å². The third kappa shape index (κ3) is 5.83. The monoisotopic (exact) mass is 286 g/mol. The lowest BCUT2D eigenvalue weighted by molar-refractivity contribution is 0.247. The fourth-order valence-electron chi connectivity index (χ4n) is 1.90. The molecular formula is C17H22N2O2. The first-order chi connectivity index (χ1) is 10.2. The molecule has 0 saturated heterocycles. The number of hydrogen-bond acceptors (Lipinski definition) is 4. The first kappa shape index (κ1) is 15.3. The van der Waals surface area contributed by atoms with Crippen LogP contribution in [0.25, 0.3) is 0 Å². The van der Waals surface area contributed by atoms with E-state index in [-0.39, 0.29) is 6.04 Å². The van der Waals surface area contributed by atoms with Gasteiger partial charge in [-0.3, -0.25) is 4.98 Å². The smallest absolute Gasteiger partial charge is 0.137 e. The fourth-order valence-corrected chi connectivity index (χ4v) is 1.90. The van der Waals surface area contributed by atoms with Crippen LogP contribution < -0.4 is 15.2 Å². The van der Waals surface area contributed by atoms with E-state index in [0.29, 0.717) is 13.2 Å². The predicted molar refractivity (Wildman–Crippen MR) is 83.6 cm³/mol. The molecule has 2 rings (SSSR count). The summed E-state index contributed by atoms with van der Waals surface area (Å²) in [5, 5.41) is 0. The molecule has 4 nitrogen and oxygen atoms in total. The van der Waals surface area contributed by atoms with E-state index in [9.17, 15) is 0 Å². The van der Waals surface area contributed by atoms with E-state index in [1.165, 1.54) is 0 Å². The second-order valence-electron chi connectivity index (χ2n) is 5.03. The minimum Gasteiger partial charge on any atom is -0.493 e. The standard InChI is InChI=1S/C17H22N2O2/c1-14(18)12-15-8-9-17(13-19-15)21-11-5-10-20-16-6-3-2-4-7-16/h2-4,6-9,13-14H,5,10-12,18H2,1H3. The summed E-state index contributed by atoms with van der Waals surface area (Å²) in [6.45, 7) is 3.22. The Kier molecular flexibility index (Phi) is 6.03. The highest BCUT2D eigenvalue weighted by atomic mass is 16.5. The molecule has 1 unspecified atom stereocenters. The summed E-state index contributed by atoms with van der Waals surface area (Å²) in [4.78, 5) is 4.33. The number of nitrogens with zero attached hydrogens (tertiary/aromatic N) is 1. The molecule has 0 bridgehead atoms. The van der Waals surface area contributed by atoms with Crippen LogP contribution in [-0.4, -0.2) is 24.2 Å². The number of para-hydroxylation sites is 1. The molecule has 21 heavy (non-hydrogen) atoms.